The van der Waals surface area contributed by atoms with Crippen molar-refractivity contribution in [2.75, 3.05) is 50.6 Å². The van der Waals surface area contributed by atoms with Crippen molar-refractivity contribution in [3.8, 4) is 5.75 Å². The number of thiophene rings is 1. The number of nitrogens with zero attached hydrogens (tertiary/aromatic N) is 2. The van der Waals surface area contributed by atoms with Crippen LogP contribution in [0.15, 0.2) is 41.1 Å². The molecule has 0 saturated carbocycles. The van der Waals surface area contributed by atoms with Crippen LogP contribution in [0, 0.1) is 0 Å². The first kappa shape index (κ1) is 17.5. The van der Waals surface area contributed by atoms with Crippen LogP contribution in [0.3, 0.4) is 0 Å². The summed E-state index contributed by atoms with van der Waals surface area (Å²) in [6.45, 7) is 3.93. The molecular weight excluding hydrogens is 334 g/mol. The number of anilines is 2. The number of benzene rings is 1. The quantitative estimate of drug-likeness (QED) is 0.835. The minimum Gasteiger partial charge on any atom is -0.495 e. The number of carbonyl (C=O) groups is 1. The Balaban J connectivity index is 1.71. The van der Waals surface area contributed by atoms with Gasteiger partial charge >= 0.3 is 0 Å². The van der Waals surface area contributed by atoms with Crippen LogP contribution in [0.5, 0.6) is 5.75 Å². The molecule has 132 valence electrons. The normalized spacial score (nSPS) is 15.5. The van der Waals surface area contributed by atoms with E-state index in [0.29, 0.717) is 0 Å². The topological polar surface area (TPSA) is 44.8 Å². The van der Waals surface area contributed by atoms with Gasteiger partial charge in [-0.3, -0.25) is 4.79 Å². The SMILES string of the molecule is COc1ccc(NC(=O)C=Cc2ccsc2)cc1N1CCN(C)CC1. The van der Waals surface area contributed by atoms with Crippen LogP contribution in [-0.4, -0.2) is 51.1 Å². The highest BCUT2D eigenvalue weighted by atomic mass is 32.1. The number of piperazine rings is 1. The number of hydrogen-bond donors (Lipinski definition) is 1. The summed E-state index contributed by atoms with van der Waals surface area (Å²) in [5.74, 6) is 0.692. The number of carbonyl (C=O) groups excluding carboxylic acids is 1. The zero-order valence-corrected chi connectivity index (χ0v) is 15.4. The number of likely N-dealkylation sites (N-methyl/N-ethyl adjacent to an activating group) is 1. The molecule has 1 aliphatic rings. The zero-order chi connectivity index (χ0) is 17.6. The second-order valence-corrected chi connectivity index (χ2v) is 6.84. The maximum absolute atomic E-state index is 12.1. The molecule has 0 radical (unpaired) electrons. The van der Waals surface area contributed by atoms with Crippen LogP contribution in [0.25, 0.3) is 6.08 Å². The molecule has 1 saturated heterocycles. The smallest absolute Gasteiger partial charge is 0.248 e. The van der Waals surface area contributed by atoms with Gasteiger partial charge in [0.05, 0.1) is 12.8 Å². The van der Waals surface area contributed by atoms with Crippen molar-refractivity contribution in [2.24, 2.45) is 0 Å². The monoisotopic (exact) mass is 357 g/mol. The van der Waals surface area contributed by atoms with E-state index in [0.717, 1.165) is 48.9 Å². The largest absolute Gasteiger partial charge is 0.495 e. The Morgan fingerprint density at radius 2 is 2.04 bits per heavy atom. The lowest BCUT2D eigenvalue weighted by Gasteiger charge is -2.34. The molecule has 1 aromatic heterocycles. The first-order valence-corrected chi connectivity index (χ1v) is 9.23. The van der Waals surface area contributed by atoms with E-state index in [2.05, 4.69) is 22.2 Å². The first-order chi connectivity index (χ1) is 12.2. The Morgan fingerprint density at radius 3 is 2.72 bits per heavy atom. The van der Waals surface area contributed by atoms with E-state index in [1.54, 1.807) is 24.5 Å². The molecule has 5 nitrogen and oxygen atoms in total. The van der Waals surface area contributed by atoms with Gasteiger partial charge in [-0.2, -0.15) is 11.3 Å². The molecular formula is C19H23N3O2S. The Kier molecular flexibility index (Phi) is 5.73. The summed E-state index contributed by atoms with van der Waals surface area (Å²) in [6.07, 6.45) is 3.37. The van der Waals surface area contributed by atoms with Gasteiger partial charge in [0.25, 0.3) is 0 Å². The third-order valence-electron chi connectivity index (χ3n) is 4.26. The van der Waals surface area contributed by atoms with Gasteiger partial charge in [0, 0.05) is 37.9 Å². The maximum Gasteiger partial charge on any atom is 0.248 e. The predicted octanol–water partition coefficient (Wildman–Crippen LogP) is 3.16. The second-order valence-electron chi connectivity index (χ2n) is 6.06. The molecule has 1 N–H and O–H groups in total. The molecule has 1 aliphatic heterocycles. The number of methoxy groups -OCH3 is 1. The van der Waals surface area contributed by atoms with E-state index in [-0.39, 0.29) is 5.91 Å². The summed E-state index contributed by atoms with van der Waals surface area (Å²) >= 11 is 1.61. The number of ether oxygens (including phenoxy) is 1. The average Bonchev–Trinajstić information content (AvgIpc) is 3.14. The van der Waals surface area contributed by atoms with Crippen molar-refractivity contribution in [3.05, 3.63) is 46.7 Å². The number of amides is 1. The standard InChI is InChI=1S/C19H23N3O2S/c1-21-8-10-22(11-9-21)17-13-16(4-5-18(17)24-2)20-19(23)6-3-15-7-12-25-14-15/h3-7,12-14H,8-11H2,1-2H3,(H,20,23). The summed E-state index contributed by atoms with van der Waals surface area (Å²) < 4.78 is 5.50. The van der Waals surface area contributed by atoms with Crippen LogP contribution >= 0.6 is 11.3 Å². The minimum atomic E-state index is -0.138. The molecule has 25 heavy (non-hydrogen) atoms. The summed E-state index contributed by atoms with van der Waals surface area (Å²) in [5.41, 5.74) is 2.83. The van der Waals surface area contributed by atoms with Crippen LogP contribution in [0.2, 0.25) is 0 Å². The van der Waals surface area contributed by atoms with Crippen molar-refractivity contribution in [1.29, 1.82) is 0 Å². The molecule has 0 atom stereocenters. The van der Waals surface area contributed by atoms with E-state index < -0.39 is 0 Å². The van der Waals surface area contributed by atoms with Gasteiger partial charge in [-0.1, -0.05) is 0 Å². The van der Waals surface area contributed by atoms with E-state index in [1.165, 1.54) is 0 Å². The molecule has 0 bridgehead atoms. The Bertz CT molecular complexity index is 735. The zero-order valence-electron chi connectivity index (χ0n) is 14.6. The second kappa shape index (κ2) is 8.18. The lowest BCUT2D eigenvalue weighted by atomic mass is 10.2. The highest BCUT2D eigenvalue weighted by Gasteiger charge is 2.18. The summed E-state index contributed by atoms with van der Waals surface area (Å²) in [6, 6.07) is 7.74. The summed E-state index contributed by atoms with van der Waals surface area (Å²) in [5, 5.41) is 6.92. The van der Waals surface area contributed by atoms with Gasteiger partial charge in [0.1, 0.15) is 5.75 Å². The molecule has 0 aliphatic carbocycles. The highest BCUT2D eigenvalue weighted by Crippen LogP contribution is 2.32. The summed E-state index contributed by atoms with van der Waals surface area (Å²) in [4.78, 5) is 16.8. The van der Waals surface area contributed by atoms with Crippen LogP contribution in [0.4, 0.5) is 11.4 Å². The van der Waals surface area contributed by atoms with Crippen molar-refractivity contribution in [2.45, 2.75) is 0 Å². The Hall–Kier alpha value is -2.31. The van der Waals surface area contributed by atoms with Gasteiger partial charge in [-0.05, 0) is 53.7 Å². The Morgan fingerprint density at radius 1 is 1.24 bits per heavy atom. The Labute approximate surface area is 152 Å². The van der Waals surface area contributed by atoms with E-state index >= 15 is 0 Å². The third kappa shape index (κ3) is 4.61. The molecule has 0 unspecified atom stereocenters. The fourth-order valence-corrected chi connectivity index (χ4v) is 3.42. The third-order valence-corrected chi connectivity index (χ3v) is 4.96. The van der Waals surface area contributed by atoms with Gasteiger partial charge in [-0.15, -0.1) is 0 Å². The molecule has 1 amide bonds. The van der Waals surface area contributed by atoms with Crippen molar-refractivity contribution in [1.82, 2.24) is 4.90 Å². The molecule has 2 heterocycles. The molecule has 1 aromatic carbocycles. The first-order valence-electron chi connectivity index (χ1n) is 8.28. The number of hydrogen-bond acceptors (Lipinski definition) is 5. The van der Waals surface area contributed by atoms with Gasteiger partial charge in [0.2, 0.25) is 5.91 Å². The van der Waals surface area contributed by atoms with Crippen molar-refractivity contribution in [3.63, 3.8) is 0 Å². The highest BCUT2D eigenvalue weighted by molar-refractivity contribution is 7.08. The van der Waals surface area contributed by atoms with E-state index in [9.17, 15) is 4.79 Å². The molecule has 3 rings (SSSR count). The van der Waals surface area contributed by atoms with Crippen LogP contribution in [-0.2, 0) is 4.79 Å². The predicted molar refractivity (Wildman–Crippen MR) is 105 cm³/mol. The van der Waals surface area contributed by atoms with Gasteiger partial charge in [-0.25, -0.2) is 0 Å². The minimum absolute atomic E-state index is 0.138. The molecule has 2 aromatic rings. The molecule has 6 heteroatoms. The maximum atomic E-state index is 12.1. The average molecular weight is 357 g/mol. The van der Waals surface area contributed by atoms with Gasteiger partial charge < -0.3 is 19.9 Å². The van der Waals surface area contributed by atoms with E-state index in [4.69, 9.17) is 4.74 Å². The van der Waals surface area contributed by atoms with Gasteiger partial charge in [0.15, 0.2) is 0 Å². The number of rotatable bonds is 5. The lowest BCUT2D eigenvalue weighted by Crippen LogP contribution is -2.44. The fourth-order valence-electron chi connectivity index (χ4n) is 2.79. The van der Waals surface area contributed by atoms with E-state index in [1.807, 2.05) is 41.1 Å². The van der Waals surface area contributed by atoms with Crippen molar-refractivity contribution < 1.29 is 9.53 Å². The lowest BCUT2D eigenvalue weighted by molar-refractivity contribution is -0.111. The summed E-state index contributed by atoms with van der Waals surface area (Å²) in [7, 11) is 3.81. The molecule has 0 spiro atoms. The van der Waals surface area contributed by atoms with Crippen LogP contribution < -0.4 is 15.0 Å². The fraction of sp³-hybridized carbons (Fsp3) is 0.316. The van der Waals surface area contributed by atoms with Crippen molar-refractivity contribution >= 4 is 34.7 Å². The van der Waals surface area contributed by atoms with Crippen LogP contribution in [0.1, 0.15) is 5.56 Å². The number of nitrogens with one attached hydrogen (secondary N) is 1. The molecule has 1 fully saturated rings.